The number of fused-ring (bicyclic) bond motifs is 1. The summed E-state index contributed by atoms with van der Waals surface area (Å²) in [6, 6.07) is 19.6. The number of nitrogens with zero attached hydrogens (tertiary/aromatic N) is 1. The van der Waals surface area contributed by atoms with Gasteiger partial charge in [0.25, 0.3) is 5.91 Å². The van der Waals surface area contributed by atoms with Crippen LogP contribution < -0.4 is 14.4 Å². The highest BCUT2D eigenvalue weighted by Gasteiger charge is 2.45. The van der Waals surface area contributed by atoms with Gasteiger partial charge in [-0.15, -0.1) is 0 Å². The zero-order chi connectivity index (χ0) is 27.0. The van der Waals surface area contributed by atoms with E-state index in [1.54, 1.807) is 60.7 Å². The third-order valence-electron chi connectivity index (χ3n) is 6.46. The maximum atomic E-state index is 13.9. The van der Waals surface area contributed by atoms with Crippen LogP contribution in [0.3, 0.4) is 0 Å². The van der Waals surface area contributed by atoms with E-state index in [0.29, 0.717) is 28.0 Å². The molecule has 0 radical (unpaired) electrons. The number of hydrogen-bond acceptors (Lipinski definition) is 7. The Morgan fingerprint density at radius 1 is 1.03 bits per heavy atom. The molecule has 1 N–H and O–H groups in total. The SMILES string of the molecule is CCc1ccc(N2C(=O)C(O)=C(C(=O)c3cc4cccc(OC)c4o3)C2c2cccc(OC(C)=O)c2)cc1. The number of furan rings is 1. The number of Topliss-reactive ketones (excluding diaryl/α,β-unsaturated/α-hetero) is 1. The lowest BCUT2D eigenvalue weighted by atomic mass is 9.94. The Kier molecular flexibility index (Phi) is 6.46. The minimum absolute atomic E-state index is 0.0526. The molecule has 38 heavy (non-hydrogen) atoms. The average Bonchev–Trinajstić information content (AvgIpc) is 3.47. The summed E-state index contributed by atoms with van der Waals surface area (Å²) in [4.78, 5) is 40.3. The van der Waals surface area contributed by atoms with Crippen LogP contribution in [0.15, 0.2) is 88.5 Å². The molecule has 4 aromatic rings. The molecule has 1 aliphatic heterocycles. The number of ether oxygens (including phenoxy) is 2. The predicted octanol–water partition coefficient (Wildman–Crippen LogP) is 5.71. The smallest absolute Gasteiger partial charge is 0.308 e. The Morgan fingerprint density at radius 2 is 1.76 bits per heavy atom. The monoisotopic (exact) mass is 511 g/mol. The van der Waals surface area contributed by atoms with Gasteiger partial charge in [0.05, 0.1) is 18.7 Å². The molecule has 0 saturated heterocycles. The van der Waals surface area contributed by atoms with Crippen molar-refractivity contribution in [3.8, 4) is 11.5 Å². The van der Waals surface area contributed by atoms with Crippen molar-refractivity contribution in [3.05, 3.63) is 101 Å². The van der Waals surface area contributed by atoms with E-state index in [-0.39, 0.29) is 17.1 Å². The third kappa shape index (κ3) is 4.30. The number of amides is 1. The maximum Gasteiger partial charge on any atom is 0.308 e. The van der Waals surface area contributed by atoms with E-state index in [4.69, 9.17) is 13.9 Å². The van der Waals surface area contributed by atoms with Crippen molar-refractivity contribution < 1.29 is 33.4 Å². The van der Waals surface area contributed by atoms with Crippen LogP contribution in [-0.2, 0) is 16.0 Å². The van der Waals surface area contributed by atoms with Crippen molar-refractivity contribution in [2.45, 2.75) is 26.3 Å². The molecule has 2 heterocycles. The van der Waals surface area contributed by atoms with Gasteiger partial charge in [-0.05, 0) is 53.9 Å². The molecule has 8 nitrogen and oxygen atoms in total. The number of rotatable bonds is 7. The van der Waals surface area contributed by atoms with E-state index >= 15 is 0 Å². The van der Waals surface area contributed by atoms with Crippen LogP contribution in [0.25, 0.3) is 11.0 Å². The Labute approximate surface area is 218 Å². The van der Waals surface area contributed by atoms with Gasteiger partial charge >= 0.3 is 5.97 Å². The molecule has 1 aromatic heterocycles. The summed E-state index contributed by atoms with van der Waals surface area (Å²) in [6.07, 6.45) is 0.810. The van der Waals surface area contributed by atoms with Crippen LogP contribution in [-0.4, -0.2) is 29.9 Å². The fraction of sp³-hybridized carbons (Fsp3) is 0.167. The molecule has 0 saturated carbocycles. The van der Waals surface area contributed by atoms with Crippen LogP contribution in [0, 0.1) is 0 Å². The van der Waals surface area contributed by atoms with E-state index in [1.807, 2.05) is 19.1 Å². The largest absolute Gasteiger partial charge is 0.503 e. The first kappa shape index (κ1) is 24.8. The number of methoxy groups -OCH3 is 1. The second kappa shape index (κ2) is 9.89. The van der Waals surface area contributed by atoms with E-state index in [2.05, 4.69) is 0 Å². The molecule has 1 atom stereocenters. The van der Waals surface area contributed by atoms with Crippen molar-refractivity contribution in [1.82, 2.24) is 0 Å². The van der Waals surface area contributed by atoms with Gasteiger partial charge in [-0.1, -0.05) is 43.3 Å². The van der Waals surface area contributed by atoms with Crippen LogP contribution in [0.2, 0.25) is 0 Å². The second-order valence-corrected chi connectivity index (χ2v) is 8.84. The van der Waals surface area contributed by atoms with E-state index < -0.39 is 29.5 Å². The summed E-state index contributed by atoms with van der Waals surface area (Å²) < 4.78 is 16.5. The molecule has 0 bridgehead atoms. The van der Waals surface area contributed by atoms with Crippen LogP contribution in [0.1, 0.15) is 41.6 Å². The molecule has 8 heteroatoms. The average molecular weight is 512 g/mol. The van der Waals surface area contributed by atoms with Gasteiger partial charge in [0, 0.05) is 18.0 Å². The third-order valence-corrected chi connectivity index (χ3v) is 6.46. The summed E-state index contributed by atoms with van der Waals surface area (Å²) in [5, 5.41) is 11.7. The molecule has 0 fully saturated rings. The summed E-state index contributed by atoms with van der Waals surface area (Å²) in [5.41, 5.74) is 2.27. The number of aliphatic hydroxyl groups excluding tert-OH is 1. The van der Waals surface area contributed by atoms with Gasteiger partial charge in [0.15, 0.2) is 22.9 Å². The number of benzene rings is 3. The highest BCUT2D eigenvalue weighted by atomic mass is 16.5. The first-order valence-electron chi connectivity index (χ1n) is 12.1. The number of para-hydroxylation sites is 1. The van der Waals surface area contributed by atoms with Crippen molar-refractivity contribution in [3.63, 3.8) is 0 Å². The minimum Gasteiger partial charge on any atom is -0.503 e. The van der Waals surface area contributed by atoms with Crippen molar-refractivity contribution in [1.29, 1.82) is 0 Å². The Morgan fingerprint density at radius 3 is 2.45 bits per heavy atom. The number of hydrogen-bond donors (Lipinski definition) is 1. The van der Waals surface area contributed by atoms with Gasteiger partial charge in [-0.2, -0.15) is 0 Å². The van der Waals surface area contributed by atoms with Gasteiger partial charge in [-0.3, -0.25) is 19.3 Å². The zero-order valence-electron chi connectivity index (χ0n) is 21.1. The molecule has 0 spiro atoms. The number of ketones is 1. The summed E-state index contributed by atoms with van der Waals surface area (Å²) in [7, 11) is 1.50. The first-order valence-corrected chi connectivity index (χ1v) is 12.1. The number of aliphatic hydroxyl groups is 1. The van der Waals surface area contributed by atoms with Crippen molar-refractivity contribution in [2.24, 2.45) is 0 Å². The molecule has 3 aromatic carbocycles. The van der Waals surface area contributed by atoms with E-state index in [9.17, 15) is 19.5 Å². The van der Waals surface area contributed by atoms with Crippen LogP contribution >= 0.6 is 0 Å². The minimum atomic E-state index is -1.01. The number of anilines is 1. The number of esters is 1. The Bertz CT molecular complexity index is 1600. The van der Waals surface area contributed by atoms with Crippen LogP contribution in [0.4, 0.5) is 5.69 Å². The lowest BCUT2D eigenvalue weighted by molar-refractivity contribution is -0.131. The maximum absolute atomic E-state index is 13.9. The number of aryl methyl sites for hydroxylation is 1. The quantitative estimate of drug-likeness (QED) is 0.192. The predicted molar refractivity (Wildman–Crippen MR) is 141 cm³/mol. The summed E-state index contributed by atoms with van der Waals surface area (Å²) in [5.74, 6) is -1.92. The molecular formula is C30H25NO7. The van der Waals surface area contributed by atoms with E-state index in [1.165, 1.54) is 18.9 Å². The van der Waals surface area contributed by atoms with Gasteiger partial charge in [-0.25, -0.2) is 0 Å². The normalized spacial score (nSPS) is 15.3. The van der Waals surface area contributed by atoms with Gasteiger partial charge < -0.3 is 19.0 Å². The topological polar surface area (TPSA) is 106 Å². The highest BCUT2D eigenvalue weighted by molar-refractivity contribution is 6.20. The second-order valence-electron chi connectivity index (χ2n) is 8.84. The Hall–Kier alpha value is -4.85. The van der Waals surface area contributed by atoms with Crippen LogP contribution in [0.5, 0.6) is 11.5 Å². The fourth-order valence-electron chi connectivity index (χ4n) is 4.67. The van der Waals surface area contributed by atoms with Crippen molar-refractivity contribution in [2.75, 3.05) is 12.0 Å². The molecule has 1 unspecified atom stereocenters. The molecule has 0 aliphatic carbocycles. The fourth-order valence-corrected chi connectivity index (χ4v) is 4.67. The standard InChI is InChI=1S/C30H25NO7/c1-4-18-11-13-21(14-12-18)31-26(19-7-5-9-22(15-19)37-17(2)32)25(28(34)30(31)35)27(33)24-16-20-8-6-10-23(36-3)29(20)38-24/h5-16,26,34H,4H2,1-3H3. The van der Waals surface area contributed by atoms with Crippen molar-refractivity contribution >= 4 is 34.3 Å². The first-order chi connectivity index (χ1) is 18.3. The molecule has 192 valence electrons. The zero-order valence-corrected chi connectivity index (χ0v) is 21.1. The number of carbonyl (C=O) groups is 3. The molecular weight excluding hydrogens is 486 g/mol. The lowest BCUT2D eigenvalue weighted by Gasteiger charge is -2.27. The summed E-state index contributed by atoms with van der Waals surface area (Å²) >= 11 is 0. The molecule has 1 amide bonds. The highest BCUT2D eigenvalue weighted by Crippen LogP contribution is 2.43. The molecule has 1 aliphatic rings. The summed E-state index contributed by atoms with van der Waals surface area (Å²) in [6.45, 7) is 3.30. The lowest BCUT2D eigenvalue weighted by Crippen LogP contribution is -2.31. The number of carbonyl (C=O) groups excluding carboxylic acids is 3. The molecule has 5 rings (SSSR count). The Balaban J connectivity index is 1.65. The van der Waals surface area contributed by atoms with Gasteiger partial charge in [0.2, 0.25) is 5.78 Å². The van der Waals surface area contributed by atoms with Gasteiger partial charge in [0.1, 0.15) is 5.75 Å². The van der Waals surface area contributed by atoms with E-state index in [0.717, 1.165) is 12.0 Å².